The Morgan fingerprint density at radius 3 is 2.42 bits per heavy atom. The van der Waals surface area contributed by atoms with Crippen LogP contribution in [0, 0.1) is 10.1 Å². The predicted octanol–water partition coefficient (Wildman–Crippen LogP) is 2.83. The van der Waals surface area contributed by atoms with E-state index in [0.717, 1.165) is 10.0 Å². The van der Waals surface area contributed by atoms with Gasteiger partial charge in [-0.15, -0.1) is 0 Å². The van der Waals surface area contributed by atoms with Gasteiger partial charge in [0.1, 0.15) is 0 Å². The van der Waals surface area contributed by atoms with Crippen LogP contribution in [0.4, 0.5) is 5.69 Å². The third-order valence-electron chi connectivity index (χ3n) is 2.92. The predicted molar refractivity (Wildman–Crippen MR) is 91.9 cm³/mol. The fraction of sp³-hybridized carbons (Fsp3) is 0. The van der Waals surface area contributed by atoms with Crippen molar-refractivity contribution in [2.24, 2.45) is 0 Å². The Hall–Kier alpha value is -3.00. The average molecular weight is 390 g/mol. The lowest BCUT2D eigenvalue weighted by atomic mass is 10.2. The molecule has 0 spiro atoms. The molecule has 0 aliphatic heterocycles. The molecule has 0 aromatic heterocycles. The number of hydrogen-bond acceptors (Lipinski definition) is 4. The molecule has 122 valence electrons. The summed E-state index contributed by atoms with van der Waals surface area (Å²) in [6.45, 7) is 0. The molecular formula is C16H12BrN3O4. The van der Waals surface area contributed by atoms with Gasteiger partial charge in [-0.2, -0.15) is 0 Å². The largest absolute Gasteiger partial charge is 0.269 e. The Morgan fingerprint density at radius 2 is 1.79 bits per heavy atom. The molecule has 2 N–H and O–H groups in total. The zero-order chi connectivity index (χ0) is 17.5. The minimum Gasteiger partial charge on any atom is -0.268 e. The van der Waals surface area contributed by atoms with E-state index >= 15 is 0 Å². The molecule has 0 heterocycles. The van der Waals surface area contributed by atoms with Crippen LogP contribution in [0.1, 0.15) is 15.9 Å². The molecule has 2 aromatic rings. The number of non-ortho nitro benzene ring substituents is 1. The van der Waals surface area contributed by atoms with Gasteiger partial charge >= 0.3 is 0 Å². The van der Waals surface area contributed by atoms with E-state index in [4.69, 9.17) is 0 Å². The summed E-state index contributed by atoms with van der Waals surface area (Å²) in [5.41, 5.74) is 5.35. The first kappa shape index (κ1) is 17.4. The molecule has 0 saturated carbocycles. The van der Waals surface area contributed by atoms with Crippen LogP contribution in [0.3, 0.4) is 0 Å². The van der Waals surface area contributed by atoms with E-state index in [-0.39, 0.29) is 11.3 Å². The molecule has 0 aliphatic carbocycles. The number of nitrogens with zero attached hydrogens (tertiary/aromatic N) is 1. The van der Waals surface area contributed by atoms with Gasteiger partial charge in [0.25, 0.3) is 17.5 Å². The molecule has 0 aliphatic rings. The molecule has 7 nitrogen and oxygen atoms in total. The van der Waals surface area contributed by atoms with Crippen molar-refractivity contribution in [1.82, 2.24) is 10.9 Å². The molecule has 2 aromatic carbocycles. The average Bonchev–Trinajstić information content (AvgIpc) is 2.58. The van der Waals surface area contributed by atoms with Crippen molar-refractivity contribution in [2.45, 2.75) is 0 Å². The third kappa shape index (κ3) is 5.03. The van der Waals surface area contributed by atoms with Gasteiger partial charge in [0.05, 0.1) is 4.92 Å². The molecule has 0 bridgehead atoms. The smallest absolute Gasteiger partial charge is 0.268 e. The molecule has 8 heteroatoms. The standard InChI is InChI=1S/C16H12BrN3O4/c17-13-3-1-2-11(10-13)4-9-15(21)18-19-16(22)12-5-7-14(8-6-12)20(23)24/h1-10H,(H,18,21)(H,19,22)/b9-4+. The van der Waals surface area contributed by atoms with Crippen molar-refractivity contribution < 1.29 is 14.5 Å². The third-order valence-corrected chi connectivity index (χ3v) is 3.41. The Labute approximate surface area is 145 Å². The highest BCUT2D eigenvalue weighted by Gasteiger charge is 2.09. The van der Waals surface area contributed by atoms with E-state index in [1.807, 2.05) is 24.3 Å². The number of hydrazine groups is 1. The Kier molecular flexibility index (Phi) is 5.80. The highest BCUT2D eigenvalue weighted by atomic mass is 79.9. The summed E-state index contributed by atoms with van der Waals surface area (Å²) in [5, 5.41) is 10.5. The van der Waals surface area contributed by atoms with Gasteiger partial charge < -0.3 is 0 Å². The van der Waals surface area contributed by atoms with E-state index in [9.17, 15) is 19.7 Å². The summed E-state index contributed by atoms with van der Waals surface area (Å²) < 4.78 is 0.886. The number of benzene rings is 2. The first-order valence-electron chi connectivity index (χ1n) is 6.74. The first-order valence-corrected chi connectivity index (χ1v) is 7.53. The molecule has 0 fully saturated rings. The molecule has 0 saturated heterocycles. The first-order chi connectivity index (χ1) is 11.5. The minimum atomic E-state index is -0.575. The van der Waals surface area contributed by atoms with Crippen molar-refractivity contribution in [3.63, 3.8) is 0 Å². The van der Waals surface area contributed by atoms with E-state index in [1.54, 1.807) is 6.08 Å². The number of nitro benzene ring substituents is 1. The number of rotatable bonds is 4. The lowest BCUT2D eigenvalue weighted by Crippen LogP contribution is -2.40. The van der Waals surface area contributed by atoms with Gasteiger partial charge in [-0.05, 0) is 35.9 Å². The highest BCUT2D eigenvalue weighted by molar-refractivity contribution is 9.10. The van der Waals surface area contributed by atoms with E-state index < -0.39 is 16.7 Å². The molecule has 2 amide bonds. The second-order valence-corrected chi connectivity index (χ2v) is 5.55. The molecule has 24 heavy (non-hydrogen) atoms. The summed E-state index contributed by atoms with van der Waals surface area (Å²) in [6, 6.07) is 12.4. The maximum atomic E-state index is 11.8. The van der Waals surface area contributed by atoms with Crippen molar-refractivity contribution in [3.8, 4) is 0 Å². The van der Waals surface area contributed by atoms with Crippen LogP contribution in [0.5, 0.6) is 0 Å². The number of hydrogen-bond donors (Lipinski definition) is 2. The number of amides is 2. The number of carbonyl (C=O) groups excluding carboxylic acids is 2. The van der Waals surface area contributed by atoms with Gasteiger partial charge in [0.2, 0.25) is 0 Å². The van der Waals surface area contributed by atoms with Crippen LogP contribution in [0.25, 0.3) is 6.08 Å². The maximum Gasteiger partial charge on any atom is 0.269 e. The van der Waals surface area contributed by atoms with Gasteiger partial charge in [-0.1, -0.05) is 28.1 Å². The van der Waals surface area contributed by atoms with Crippen LogP contribution in [-0.4, -0.2) is 16.7 Å². The molecule has 2 rings (SSSR count). The summed E-state index contributed by atoms with van der Waals surface area (Å²) >= 11 is 3.33. The van der Waals surface area contributed by atoms with Gasteiger partial charge in [0, 0.05) is 28.2 Å². The van der Waals surface area contributed by atoms with Crippen LogP contribution in [-0.2, 0) is 4.79 Å². The van der Waals surface area contributed by atoms with Gasteiger partial charge in [-0.25, -0.2) is 0 Å². The summed E-state index contributed by atoms with van der Waals surface area (Å²) in [7, 11) is 0. The zero-order valence-electron chi connectivity index (χ0n) is 12.2. The lowest BCUT2D eigenvalue weighted by Gasteiger charge is -2.05. The number of carbonyl (C=O) groups is 2. The Morgan fingerprint density at radius 1 is 1.08 bits per heavy atom. The number of nitro groups is 1. The van der Waals surface area contributed by atoms with Crippen molar-refractivity contribution in [3.05, 3.63) is 80.3 Å². The monoisotopic (exact) mass is 389 g/mol. The van der Waals surface area contributed by atoms with E-state index in [0.29, 0.717) is 0 Å². The lowest BCUT2D eigenvalue weighted by molar-refractivity contribution is -0.384. The van der Waals surface area contributed by atoms with Crippen LogP contribution in [0.2, 0.25) is 0 Å². The van der Waals surface area contributed by atoms with Crippen molar-refractivity contribution >= 4 is 39.5 Å². The second kappa shape index (κ2) is 8.02. The van der Waals surface area contributed by atoms with Gasteiger partial charge in [-0.3, -0.25) is 30.6 Å². The number of nitrogens with one attached hydrogen (secondary N) is 2. The highest BCUT2D eigenvalue weighted by Crippen LogP contribution is 2.13. The van der Waals surface area contributed by atoms with E-state index in [1.165, 1.54) is 30.3 Å². The quantitative estimate of drug-likeness (QED) is 0.476. The Balaban J connectivity index is 1.89. The summed E-state index contributed by atoms with van der Waals surface area (Å²) in [6.07, 6.45) is 2.87. The second-order valence-electron chi connectivity index (χ2n) is 4.64. The fourth-order valence-electron chi connectivity index (χ4n) is 1.75. The summed E-state index contributed by atoms with van der Waals surface area (Å²) in [5.74, 6) is -1.08. The molecule has 0 unspecified atom stereocenters. The number of halogens is 1. The van der Waals surface area contributed by atoms with Crippen LogP contribution < -0.4 is 10.9 Å². The normalized spacial score (nSPS) is 10.4. The zero-order valence-corrected chi connectivity index (χ0v) is 13.8. The van der Waals surface area contributed by atoms with E-state index in [2.05, 4.69) is 26.8 Å². The van der Waals surface area contributed by atoms with Crippen LogP contribution in [0.15, 0.2) is 59.1 Å². The Bertz CT molecular complexity index is 803. The topological polar surface area (TPSA) is 101 Å². The molecule has 0 radical (unpaired) electrons. The van der Waals surface area contributed by atoms with Crippen molar-refractivity contribution in [2.75, 3.05) is 0 Å². The van der Waals surface area contributed by atoms with Crippen LogP contribution >= 0.6 is 15.9 Å². The maximum absolute atomic E-state index is 11.8. The summed E-state index contributed by atoms with van der Waals surface area (Å²) in [4.78, 5) is 33.5. The molecular weight excluding hydrogens is 378 g/mol. The SMILES string of the molecule is O=C(/C=C/c1cccc(Br)c1)NNC(=O)c1ccc([N+](=O)[O-])cc1. The minimum absolute atomic E-state index is 0.118. The van der Waals surface area contributed by atoms with Crippen molar-refractivity contribution in [1.29, 1.82) is 0 Å². The fourth-order valence-corrected chi connectivity index (χ4v) is 2.17. The molecule has 0 atom stereocenters. The van der Waals surface area contributed by atoms with Gasteiger partial charge in [0.15, 0.2) is 0 Å².